The van der Waals surface area contributed by atoms with Crippen LogP contribution >= 0.6 is 0 Å². The Hall–Kier alpha value is -1.99. The first kappa shape index (κ1) is 13.6. The quantitative estimate of drug-likeness (QED) is 0.581. The smallest absolute Gasteiger partial charge is 0.195 e. The first-order valence-electron chi connectivity index (χ1n) is 3.61. The largest absolute Gasteiger partial charge is 0.391 e. The van der Waals surface area contributed by atoms with E-state index in [-0.39, 0.29) is 13.3 Å². The molecule has 85 valence electrons. The Labute approximate surface area is 74.4 Å². The fourth-order valence-corrected chi connectivity index (χ4v) is 1.13. The molecule has 0 atom stereocenters. The van der Waals surface area contributed by atoms with E-state index >= 15 is 0 Å². The van der Waals surface area contributed by atoms with Gasteiger partial charge in [0.25, 0.3) is 0 Å². The minimum Gasteiger partial charge on any atom is -0.391 e. The Balaban J connectivity index is 0. The molecule has 1 rings (SSSR count). The van der Waals surface area contributed by atoms with Crippen LogP contribution in [-0.2, 0) is 4.79 Å². The predicted octanol–water partition coefficient (Wildman–Crippen LogP) is 0.954. The van der Waals surface area contributed by atoms with Gasteiger partial charge in [0.2, 0.25) is 0 Å². The van der Waals surface area contributed by atoms with E-state index in [1.54, 1.807) is 0 Å². The van der Waals surface area contributed by atoms with Gasteiger partial charge in [0, 0.05) is 7.05 Å². The minimum atomic E-state index is 0. The molecular formula is C9H16LrN2O-2. The molecular weight excluding hydrogens is 414 g/mol. The van der Waals surface area contributed by atoms with Crippen molar-refractivity contribution >= 4 is 5.91 Å². The Morgan fingerprint density at radius 3 is 2.69 bits per heavy atom. The number of nitrogens with one attached hydrogen (secondary N) is 1. The van der Waals surface area contributed by atoms with Crippen LogP contribution in [0.1, 0.15) is 13.3 Å². The molecule has 1 radical (unpaired) electrons. The second-order valence-electron chi connectivity index (χ2n) is 2.98. The molecule has 0 unspecified atom stereocenters. The van der Waals surface area contributed by atoms with E-state index in [1.807, 2.05) is 18.9 Å². The van der Waals surface area contributed by atoms with Crippen LogP contribution in [0.25, 0.3) is 0 Å². The molecule has 0 bridgehead atoms. The van der Waals surface area contributed by atoms with E-state index in [0.717, 1.165) is 6.54 Å². The van der Waals surface area contributed by atoms with Crippen LogP contribution in [0.15, 0.2) is 12.4 Å². The van der Waals surface area contributed by atoms with E-state index in [0.29, 0.717) is 12.2 Å². The van der Waals surface area contributed by atoms with Crippen LogP contribution < -0.4 is 5.32 Å². The third-order valence-electron chi connectivity index (χ3n) is 1.71. The number of amides is 1. The molecule has 1 amide bonds. The normalized spacial score (nSPS) is 18.2. The molecule has 1 heterocycles. The summed E-state index contributed by atoms with van der Waals surface area (Å²) < 4.78 is 0. The van der Waals surface area contributed by atoms with Gasteiger partial charge >= 0.3 is 0 Å². The summed E-state index contributed by atoms with van der Waals surface area (Å²) in [6.07, 6.45) is 0.517. The molecule has 1 fully saturated rings. The Morgan fingerprint density at radius 1 is 1.62 bits per heavy atom. The van der Waals surface area contributed by atoms with Gasteiger partial charge in [0.15, 0.2) is 5.91 Å². The van der Waals surface area contributed by atoms with Crippen LogP contribution in [0.3, 0.4) is 0 Å². The number of carbonyl (C=O) groups excluding carboxylic acids is 1. The molecule has 0 spiro atoms. The maximum Gasteiger partial charge on any atom is 0.195 e. The summed E-state index contributed by atoms with van der Waals surface area (Å²) in [6.45, 7) is 6.52. The van der Waals surface area contributed by atoms with E-state index in [1.165, 1.54) is 5.92 Å². The molecule has 0 aromatic rings. The van der Waals surface area contributed by atoms with Crippen molar-refractivity contribution in [1.82, 2.24) is 10.2 Å². The third-order valence-corrected chi connectivity index (χ3v) is 1.71. The molecule has 13 heavy (non-hydrogen) atoms. The van der Waals surface area contributed by atoms with Gasteiger partial charge in [-0.2, -0.15) is 6.92 Å². The fourth-order valence-electron chi connectivity index (χ4n) is 1.13. The monoisotopic (exact) mass is 430 g/mol. The molecule has 0 aromatic carbocycles. The zero-order valence-electron chi connectivity index (χ0n) is 8.23. The maximum atomic E-state index is 11.0. The van der Waals surface area contributed by atoms with Crippen LogP contribution in [0.5, 0.6) is 0 Å². The SMILES string of the molecule is C=C1NC(=O)C[C-](C)CN1C.[CH3-].[Lr]. The van der Waals surface area contributed by atoms with Crippen molar-refractivity contribution in [3.8, 4) is 0 Å². The van der Waals surface area contributed by atoms with Crippen LogP contribution in [0.2, 0.25) is 0 Å². The second kappa shape index (κ2) is 4.80. The molecule has 0 saturated carbocycles. The molecule has 0 aromatic heterocycles. The van der Waals surface area contributed by atoms with Crippen molar-refractivity contribution in [2.24, 2.45) is 0 Å². The molecule has 1 aliphatic heterocycles. The third kappa shape index (κ3) is 3.27. The van der Waals surface area contributed by atoms with Crippen molar-refractivity contribution < 1.29 is 4.79 Å². The first-order chi connectivity index (χ1) is 5.09. The molecule has 1 saturated heterocycles. The summed E-state index contributed by atoms with van der Waals surface area (Å²) in [4.78, 5) is 13.0. The van der Waals surface area contributed by atoms with Crippen LogP contribution in [0, 0.1) is 13.3 Å². The van der Waals surface area contributed by atoms with Crippen molar-refractivity contribution in [1.29, 1.82) is 0 Å². The van der Waals surface area contributed by atoms with E-state index in [9.17, 15) is 4.79 Å². The van der Waals surface area contributed by atoms with Crippen molar-refractivity contribution in [2.45, 2.75) is 13.3 Å². The molecule has 1 N–H and O–H groups in total. The average molecular weight is 430 g/mol. The van der Waals surface area contributed by atoms with Gasteiger partial charge in [0.05, 0.1) is 5.82 Å². The zero-order chi connectivity index (χ0) is 8.43. The number of rotatable bonds is 0. The standard InChI is InChI=1S/C8H13N2O.CH3.Lr/c1-6-4-8(11)9-7(2)10(3)5-6;;/h2,4-5H2,1,3H3,(H,9,11);1H3;/q2*-1;. The molecule has 3 nitrogen and oxygen atoms in total. The van der Waals surface area contributed by atoms with Gasteiger partial charge in [-0.25, -0.2) is 0 Å². The maximum absolute atomic E-state index is 11.0. The summed E-state index contributed by atoms with van der Waals surface area (Å²) in [5, 5.41) is 2.69. The van der Waals surface area contributed by atoms with Crippen LogP contribution in [0.4, 0.5) is 0 Å². The summed E-state index contributed by atoms with van der Waals surface area (Å²) in [6, 6.07) is 0. The Morgan fingerprint density at radius 2 is 2.15 bits per heavy atom. The first-order valence-corrected chi connectivity index (χ1v) is 3.61. The van der Waals surface area contributed by atoms with Gasteiger partial charge < -0.3 is 17.6 Å². The molecule has 1 aliphatic rings. The number of hydrogen-bond acceptors (Lipinski definition) is 2. The summed E-state index contributed by atoms with van der Waals surface area (Å²) in [7, 11) is 1.91. The van der Waals surface area contributed by atoms with Gasteiger partial charge in [0.1, 0.15) is 0 Å². The zero-order valence-corrected chi connectivity index (χ0v) is 10.4. The van der Waals surface area contributed by atoms with Gasteiger partial charge in [-0.1, -0.05) is 13.0 Å². The predicted molar refractivity (Wildman–Crippen MR) is 49.9 cm³/mol. The Kier molecular flexibility index (Phi) is 5.02. The van der Waals surface area contributed by atoms with Gasteiger partial charge in [-0.15, -0.1) is 6.54 Å². The average Bonchev–Trinajstić information content (AvgIpc) is 1.93. The van der Waals surface area contributed by atoms with Crippen molar-refractivity contribution in [2.75, 3.05) is 13.6 Å². The summed E-state index contributed by atoms with van der Waals surface area (Å²) >= 11 is 0. The number of carbonyl (C=O) groups is 1. The Bertz CT molecular complexity index is 194. The van der Waals surface area contributed by atoms with E-state index in [4.69, 9.17) is 0 Å². The molecule has 0 aliphatic carbocycles. The fraction of sp³-hybridized carbons (Fsp3) is 0.444. The van der Waals surface area contributed by atoms with Gasteiger partial charge in [-0.3, -0.25) is 10.7 Å². The van der Waals surface area contributed by atoms with Crippen LogP contribution in [-0.4, -0.2) is 24.4 Å². The topological polar surface area (TPSA) is 32.3 Å². The molecule has 4 heteroatoms. The van der Waals surface area contributed by atoms with Gasteiger partial charge in [-0.05, 0) is 0 Å². The van der Waals surface area contributed by atoms with Crippen molar-refractivity contribution in [3.63, 3.8) is 0 Å². The van der Waals surface area contributed by atoms with Crippen molar-refractivity contribution in [3.05, 3.63) is 25.7 Å². The summed E-state index contributed by atoms with van der Waals surface area (Å²) in [5.41, 5.74) is 0. The number of nitrogens with zero attached hydrogens (tertiary/aromatic N) is 1. The van der Waals surface area contributed by atoms with E-state index in [2.05, 4.69) is 11.9 Å². The minimum absolute atomic E-state index is 0. The summed E-state index contributed by atoms with van der Waals surface area (Å²) in [5.74, 6) is 1.90. The second-order valence-corrected chi connectivity index (χ2v) is 2.98. The van der Waals surface area contributed by atoms with E-state index < -0.39 is 0 Å². The number of hydrogen-bond donors (Lipinski definition) is 1.